The van der Waals surface area contributed by atoms with Crippen LogP contribution in [0.5, 0.6) is 0 Å². The lowest BCUT2D eigenvalue weighted by Gasteiger charge is -2.36. The van der Waals surface area contributed by atoms with Gasteiger partial charge in [-0.3, -0.25) is 0 Å². The van der Waals surface area contributed by atoms with Crippen molar-refractivity contribution < 1.29 is 17.6 Å². The first-order valence-electron chi connectivity index (χ1n) is 7.27. The zero-order valence-electron chi connectivity index (χ0n) is 12.3. The van der Waals surface area contributed by atoms with E-state index in [1.807, 2.05) is 13.8 Å². The van der Waals surface area contributed by atoms with Gasteiger partial charge in [-0.15, -0.1) is 0 Å². The van der Waals surface area contributed by atoms with Crippen molar-refractivity contribution in [2.45, 2.75) is 38.6 Å². The third-order valence-corrected chi connectivity index (χ3v) is 4.36. The van der Waals surface area contributed by atoms with Crippen LogP contribution in [0.15, 0.2) is 6.07 Å². The predicted octanol–water partition coefficient (Wildman–Crippen LogP) is 3.60. The summed E-state index contributed by atoms with van der Waals surface area (Å²) in [6.07, 6.45) is 2.18. The summed E-state index contributed by atoms with van der Waals surface area (Å²) in [6, 6.07) is 0.247. The highest BCUT2D eigenvalue weighted by atomic mass is 19.2. The Hall–Kier alpha value is -1.30. The van der Waals surface area contributed by atoms with Crippen molar-refractivity contribution in [3.63, 3.8) is 0 Å². The quantitative estimate of drug-likeness (QED) is 0.678. The third kappa shape index (κ3) is 3.00. The van der Waals surface area contributed by atoms with Gasteiger partial charge in [-0.05, 0) is 25.8 Å². The van der Waals surface area contributed by atoms with Crippen LogP contribution in [0.25, 0.3) is 0 Å². The molecule has 0 amide bonds. The second-order valence-electron chi connectivity index (χ2n) is 5.51. The molecule has 0 atom stereocenters. The fourth-order valence-corrected chi connectivity index (χ4v) is 2.88. The Bertz CT molecular complexity index is 489. The highest BCUT2D eigenvalue weighted by Gasteiger charge is 2.33. The Balaban J connectivity index is 2.45. The van der Waals surface area contributed by atoms with Crippen molar-refractivity contribution in [1.29, 1.82) is 0 Å². The minimum Gasteiger partial charge on any atom is -0.365 e. The smallest absolute Gasteiger partial charge is 0.185 e. The molecule has 118 valence electrons. The monoisotopic (exact) mass is 304 g/mol. The topological polar surface area (TPSA) is 15.3 Å². The Labute approximate surface area is 122 Å². The molecule has 1 aromatic carbocycles. The van der Waals surface area contributed by atoms with Crippen LogP contribution in [-0.4, -0.2) is 25.2 Å². The Morgan fingerprint density at radius 2 is 1.67 bits per heavy atom. The van der Waals surface area contributed by atoms with E-state index in [9.17, 15) is 17.6 Å². The molecule has 1 aliphatic rings. The van der Waals surface area contributed by atoms with Crippen LogP contribution in [0.2, 0.25) is 0 Å². The molecule has 0 radical (unpaired) electrons. The van der Waals surface area contributed by atoms with E-state index in [-0.39, 0.29) is 11.6 Å². The van der Waals surface area contributed by atoms with Crippen molar-refractivity contribution in [3.05, 3.63) is 29.3 Å². The van der Waals surface area contributed by atoms with Gasteiger partial charge >= 0.3 is 0 Å². The molecule has 2 nitrogen and oxygen atoms in total. The molecule has 1 N–H and O–H groups in total. The van der Waals surface area contributed by atoms with Gasteiger partial charge in [0.25, 0.3) is 0 Å². The maximum atomic E-state index is 14.0. The molecule has 0 bridgehead atoms. The van der Waals surface area contributed by atoms with Crippen molar-refractivity contribution in [2.24, 2.45) is 0 Å². The Morgan fingerprint density at radius 1 is 1.10 bits per heavy atom. The molecule has 0 spiro atoms. The van der Waals surface area contributed by atoms with Gasteiger partial charge < -0.3 is 10.2 Å². The van der Waals surface area contributed by atoms with E-state index in [0.29, 0.717) is 26.1 Å². The molecule has 1 heterocycles. The summed E-state index contributed by atoms with van der Waals surface area (Å²) in [4.78, 5) is 1.42. The average molecular weight is 304 g/mol. The number of hydrogen-bond donors (Lipinski definition) is 1. The maximum absolute atomic E-state index is 14.0. The van der Waals surface area contributed by atoms with Crippen molar-refractivity contribution >= 4 is 5.69 Å². The molecular formula is C15H20F4N2. The van der Waals surface area contributed by atoms with Crippen LogP contribution in [-0.2, 0) is 0 Å². The average Bonchev–Trinajstić information content (AvgIpc) is 2.69. The minimum absolute atomic E-state index is 0.247. The van der Waals surface area contributed by atoms with Crippen LogP contribution < -0.4 is 10.2 Å². The first-order chi connectivity index (χ1) is 9.94. The normalized spacial score (nSPS) is 18.7. The van der Waals surface area contributed by atoms with Gasteiger partial charge in [0, 0.05) is 24.7 Å². The lowest BCUT2D eigenvalue weighted by molar-refractivity contribution is 0.319. The summed E-state index contributed by atoms with van der Waals surface area (Å²) in [5.41, 5.74) is -0.902. The SMILES string of the molecule is CCC1(CC)CN(c2c(F)c(F)cc(F)c2F)CCCN1. The number of benzene rings is 1. The lowest BCUT2D eigenvalue weighted by Crippen LogP contribution is -2.51. The van der Waals surface area contributed by atoms with Crippen molar-refractivity contribution in [1.82, 2.24) is 5.32 Å². The fraction of sp³-hybridized carbons (Fsp3) is 0.600. The predicted molar refractivity (Wildman–Crippen MR) is 74.4 cm³/mol. The first kappa shape index (κ1) is 16.1. The first-order valence-corrected chi connectivity index (χ1v) is 7.27. The molecule has 0 aromatic heterocycles. The summed E-state index contributed by atoms with van der Waals surface area (Å²) in [6.45, 7) is 5.35. The number of hydrogen-bond acceptors (Lipinski definition) is 2. The molecule has 1 aromatic rings. The molecule has 1 saturated heterocycles. The van der Waals surface area contributed by atoms with E-state index < -0.39 is 29.0 Å². The lowest BCUT2D eigenvalue weighted by atomic mass is 9.92. The Morgan fingerprint density at radius 3 is 2.19 bits per heavy atom. The standard InChI is InChI=1S/C15H20F4N2/c1-3-15(4-2)9-21(7-5-6-20-15)14-12(18)10(16)8-11(17)13(14)19/h8,20H,3-7,9H2,1-2H3. The van der Waals surface area contributed by atoms with E-state index >= 15 is 0 Å². The van der Waals surface area contributed by atoms with Crippen LogP contribution >= 0.6 is 0 Å². The summed E-state index contributed by atoms with van der Waals surface area (Å²) < 4.78 is 54.8. The highest BCUT2D eigenvalue weighted by Crippen LogP contribution is 2.31. The number of halogens is 4. The third-order valence-electron chi connectivity index (χ3n) is 4.36. The van der Waals surface area contributed by atoms with Crippen LogP contribution in [0.4, 0.5) is 23.2 Å². The molecule has 2 rings (SSSR count). The number of anilines is 1. The van der Waals surface area contributed by atoms with Crippen LogP contribution in [0.1, 0.15) is 33.1 Å². The molecule has 0 saturated carbocycles. The summed E-state index contributed by atoms with van der Waals surface area (Å²) >= 11 is 0. The van der Waals surface area contributed by atoms with E-state index in [1.165, 1.54) is 4.90 Å². The van der Waals surface area contributed by atoms with Crippen LogP contribution in [0.3, 0.4) is 0 Å². The van der Waals surface area contributed by atoms with Gasteiger partial charge in [0.1, 0.15) is 5.69 Å². The molecule has 0 aliphatic carbocycles. The zero-order valence-corrected chi connectivity index (χ0v) is 12.3. The van der Waals surface area contributed by atoms with Gasteiger partial charge in [0.15, 0.2) is 23.3 Å². The molecule has 1 fully saturated rings. The van der Waals surface area contributed by atoms with Gasteiger partial charge in [0.2, 0.25) is 0 Å². The van der Waals surface area contributed by atoms with E-state index in [4.69, 9.17) is 0 Å². The maximum Gasteiger partial charge on any atom is 0.185 e. The zero-order chi connectivity index (χ0) is 15.6. The van der Waals surface area contributed by atoms with Gasteiger partial charge in [-0.25, -0.2) is 17.6 Å². The van der Waals surface area contributed by atoms with Crippen LogP contribution in [0, 0.1) is 23.3 Å². The van der Waals surface area contributed by atoms with E-state index in [2.05, 4.69) is 5.32 Å². The molecule has 0 unspecified atom stereocenters. The summed E-state index contributed by atoms with van der Waals surface area (Å²) in [5, 5.41) is 3.39. The van der Waals surface area contributed by atoms with E-state index in [0.717, 1.165) is 12.8 Å². The number of nitrogens with zero attached hydrogens (tertiary/aromatic N) is 1. The summed E-state index contributed by atoms with van der Waals surface area (Å²) in [5.74, 6) is -5.37. The largest absolute Gasteiger partial charge is 0.365 e. The second-order valence-corrected chi connectivity index (χ2v) is 5.51. The summed E-state index contributed by atoms with van der Waals surface area (Å²) in [7, 11) is 0. The molecular weight excluding hydrogens is 284 g/mol. The van der Waals surface area contributed by atoms with Crippen molar-refractivity contribution in [3.8, 4) is 0 Å². The molecule has 6 heteroatoms. The van der Waals surface area contributed by atoms with Gasteiger partial charge in [-0.2, -0.15) is 0 Å². The minimum atomic E-state index is -1.36. The highest BCUT2D eigenvalue weighted by molar-refractivity contribution is 5.51. The molecule has 1 aliphatic heterocycles. The number of nitrogens with one attached hydrogen (secondary N) is 1. The number of rotatable bonds is 3. The second kappa shape index (κ2) is 6.22. The van der Waals surface area contributed by atoms with Gasteiger partial charge in [-0.1, -0.05) is 13.8 Å². The van der Waals surface area contributed by atoms with E-state index in [1.54, 1.807) is 0 Å². The van der Waals surface area contributed by atoms with Crippen molar-refractivity contribution in [2.75, 3.05) is 24.5 Å². The van der Waals surface area contributed by atoms with Gasteiger partial charge in [0.05, 0.1) is 0 Å². The fourth-order valence-electron chi connectivity index (χ4n) is 2.88. The molecule has 21 heavy (non-hydrogen) atoms. The Kier molecular flexibility index (Phi) is 4.76.